The van der Waals surface area contributed by atoms with Gasteiger partial charge in [-0.3, -0.25) is 24.3 Å². The molecule has 3 unspecified atom stereocenters. The molecule has 4 aromatic rings. The molecule has 6 aliphatic rings. The molecule has 8 nitrogen and oxygen atoms in total. The molecule has 4 spiro atoms. The van der Waals surface area contributed by atoms with Crippen molar-refractivity contribution < 1.29 is 9.59 Å². The van der Waals surface area contributed by atoms with Crippen molar-refractivity contribution in [1.82, 2.24) is 29.8 Å². The van der Waals surface area contributed by atoms with Crippen LogP contribution >= 0.6 is 0 Å². The molecule has 290 valence electrons. The van der Waals surface area contributed by atoms with E-state index in [1.165, 1.54) is 16.7 Å². The van der Waals surface area contributed by atoms with Gasteiger partial charge in [0.1, 0.15) is 5.54 Å². The topological polar surface area (TPSA) is 62.4 Å². The summed E-state index contributed by atoms with van der Waals surface area (Å²) in [6.45, 7) is 12.0. The molecule has 6 saturated heterocycles. The highest BCUT2D eigenvalue weighted by Gasteiger charge is 2.70. The second kappa shape index (κ2) is 13.9. The Kier molecular flexibility index (Phi) is 8.97. The lowest BCUT2D eigenvalue weighted by molar-refractivity contribution is -0.183. The first kappa shape index (κ1) is 36.0. The van der Waals surface area contributed by atoms with E-state index in [2.05, 4.69) is 135 Å². The van der Waals surface area contributed by atoms with Crippen LogP contribution in [0.1, 0.15) is 54.9 Å². The van der Waals surface area contributed by atoms with E-state index in [1.54, 1.807) is 0 Å². The molecule has 8 heteroatoms. The van der Waals surface area contributed by atoms with E-state index in [0.29, 0.717) is 19.0 Å². The Morgan fingerprint density at radius 3 is 1.59 bits per heavy atom. The van der Waals surface area contributed by atoms with Crippen molar-refractivity contribution >= 4 is 11.8 Å². The van der Waals surface area contributed by atoms with Gasteiger partial charge in [-0.2, -0.15) is 0 Å². The van der Waals surface area contributed by atoms with Gasteiger partial charge >= 0.3 is 0 Å². The first-order valence-corrected chi connectivity index (χ1v) is 21.0. The summed E-state index contributed by atoms with van der Waals surface area (Å²) in [5, 5.41) is 4.28. The van der Waals surface area contributed by atoms with Crippen molar-refractivity contribution in [3.8, 4) is 0 Å². The lowest BCUT2D eigenvalue weighted by Crippen LogP contribution is -2.79. The van der Waals surface area contributed by atoms with Crippen LogP contribution in [0.2, 0.25) is 0 Å². The molecule has 3 atom stereocenters. The number of nitrogens with zero attached hydrogens (tertiary/aromatic N) is 5. The number of amides is 2. The lowest BCUT2D eigenvalue weighted by atomic mass is 9.72. The summed E-state index contributed by atoms with van der Waals surface area (Å²) < 4.78 is 0. The highest BCUT2D eigenvalue weighted by molar-refractivity contribution is 5.98. The van der Waals surface area contributed by atoms with Crippen LogP contribution in [-0.2, 0) is 35.8 Å². The number of hydrogen-bond acceptors (Lipinski definition) is 6. The number of carbonyl (C=O) groups excluding carboxylic acids is 2. The van der Waals surface area contributed by atoms with E-state index in [-0.39, 0.29) is 34.3 Å². The third-order valence-electron chi connectivity index (χ3n) is 14.3. The lowest BCUT2D eigenvalue weighted by Gasteiger charge is -2.60. The van der Waals surface area contributed by atoms with E-state index in [0.717, 1.165) is 90.1 Å². The second-order valence-corrected chi connectivity index (χ2v) is 18.6. The van der Waals surface area contributed by atoms with Crippen LogP contribution in [0.3, 0.4) is 0 Å². The van der Waals surface area contributed by atoms with E-state index in [1.807, 2.05) is 23.1 Å². The van der Waals surface area contributed by atoms with Crippen molar-refractivity contribution in [3.63, 3.8) is 0 Å². The molecule has 2 amide bonds. The molecule has 1 N–H and O–H groups in total. The van der Waals surface area contributed by atoms with E-state index in [4.69, 9.17) is 0 Å². The molecule has 56 heavy (non-hydrogen) atoms. The van der Waals surface area contributed by atoms with Gasteiger partial charge in [0.2, 0.25) is 5.91 Å². The molecule has 0 aliphatic carbocycles. The van der Waals surface area contributed by atoms with Gasteiger partial charge in [-0.05, 0) is 53.9 Å². The maximum atomic E-state index is 15.2. The Balaban J connectivity index is 0.875. The van der Waals surface area contributed by atoms with Gasteiger partial charge in [0, 0.05) is 82.4 Å². The highest BCUT2D eigenvalue weighted by Crippen LogP contribution is 2.53. The summed E-state index contributed by atoms with van der Waals surface area (Å²) in [5.74, 6) is 0.570. The normalized spacial score (nSPS) is 26.7. The third-order valence-corrected chi connectivity index (χ3v) is 14.3. The Hall–Kier alpha value is -4.34. The molecule has 4 aromatic carbocycles. The number of nitrogens with one attached hydrogen (secondary N) is 1. The average Bonchev–Trinajstić information content (AvgIpc) is 3.71. The molecule has 10 rings (SSSR count). The predicted molar refractivity (Wildman–Crippen MR) is 219 cm³/mol. The quantitative estimate of drug-likeness (QED) is 0.196. The Labute approximate surface area is 332 Å². The van der Waals surface area contributed by atoms with Gasteiger partial charge in [-0.15, -0.1) is 0 Å². The largest absolute Gasteiger partial charge is 0.333 e. The van der Waals surface area contributed by atoms with Gasteiger partial charge in [-0.1, -0.05) is 128 Å². The van der Waals surface area contributed by atoms with Crippen molar-refractivity contribution in [2.24, 2.45) is 11.8 Å². The molecule has 6 heterocycles. The van der Waals surface area contributed by atoms with Crippen LogP contribution in [-0.4, -0.2) is 104 Å². The fourth-order valence-electron chi connectivity index (χ4n) is 12.0. The molecule has 0 radical (unpaired) electrons. The van der Waals surface area contributed by atoms with Crippen molar-refractivity contribution in [1.29, 1.82) is 0 Å². The second-order valence-electron chi connectivity index (χ2n) is 18.6. The Morgan fingerprint density at radius 2 is 1.09 bits per heavy atom. The van der Waals surface area contributed by atoms with E-state index in [9.17, 15) is 4.79 Å². The van der Waals surface area contributed by atoms with Crippen molar-refractivity contribution in [2.45, 2.75) is 80.9 Å². The fraction of sp³-hybridized carbons (Fsp3) is 0.458. The van der Waals surface area contributed by atoms with Gasteiger partial charge in [0.25, 0.3) is 5.91 Å². The Morgan fingerprint density at radius 1 is 0.625 bits per heavy atom. The summed E-state index contributed by atoms with van der Waals surface area (Å²) in [5.41, 5.74) is 4.24. The van der Waals surface area contributed by atoms with Crippen LogP contribution in [0.25, 0.3) is 0 Å². The molecule has 6 aliphatic heterocycles. The number of rotatable bonds is 11. The van der Waals surface area contributed by atoms with Crippen molar-refractivity contribution in [3.05, 3.63) is 144 Å². The minimum atomic E-state index is -0.722. The molecule has 0 aromatic heterocycles. The first-order valence-electron chi connectivity index (χ1n) is 21.0. The summed E-state index contributed by atoms with van der Waals surface area (Å²) in [6.07, 6.45) is 3.60. The van der Waals surface area contributed by atoms with E-state index >= 15 is 4.79 Å². The molecule has 0 saturated carbocycles. The van der Waals surface area contributed by atoms with Crippen LogP contribution < -0.4 is 5.32 Å². The standard InChI is InChI=1S/C48H56N6O2/c1-37(24-42-25-45(30-50(31-45)26-38-14-6-2-7-15-38)49-47(42)34-52(35-47)28-40-18-10-4-11-19-40)43(55)54-46(32-51(33-46)27-39-16-8-3-9-17-39)22-23-48(54)36-53(44(48)56)29-41-20-12-5-13-21-41/h2-21,37,42,49H,22-36H2,1H3. The minimum Gasteiger partial charge on any atom is -0.333 e. The first-order chi connectivity index (χ1) is 27.2. The maximum absolute atomic E-state index is 15.2. The zero-order valence-corrected chi connectivity index (χ0v) is 32.9. The summed E-state index contributed by atoms with van der Waals surface area (Å²) in [6, 6.07) is 42.5. The molecular formula is C48H56N6O2. The molecule has 6 fully saturated rings. The van der Waals surface area contributed by atoms with Gasteiger partial charge in [0.05, 0.1) is 12.1 Å². The van der Waals surface area contributed by atoms with Gasteiger partial charge in [0.15, 0.2) is 0 Å². The number of likely N-dealkylation sites (tertiary alicyclic amines) is 5. The van der Waals surface area contributed by atoms with Crippen LogP contribution in [0.4, 0.5) is 0 Å². The third kappa shape index (κ3) is 6.30. The van der Waals surface area contributed by atoms with Crippen LogP contribution in [0.15, 0.2) is 121 Å². The monoisotopic (exact) mass is 748 g/mol. The smallest absolute Gasteiger partial charge is 0.250 e. The zero-order valence-electron chi connectivity index (χ0n) is 32.9. The SMILES string of the molecule is CC(CC1CC2(CN(Cc3ccccc3)C2)NC12CN(Cc1ccccc1)C2)C(=O)N1C2(CCC13CN(Cc1ccccc1)C3=O)CN(Cc1ccccc1)C2. The van der Waals surface area contributed by atoms with Crippen LogP contribution in [0.5, 0.6) is 0 Å². The Bertz CT molecular complexity index is 2030. The number of benzene rings is 4. The van der Waals surface area contributed by atoms with Crippen LogP contribution in [0, 0.1) is 11.8 Å². The molecular weight excluding hydrogens is 693 g/mol. The fourth-order valence-corrected chi connectivity index (χ4v) is 12.0. The van der Waals surface area contributed by atoms with Gasteiger partial charge < -0.3 is 15.1 Å². The zero-order chi connectivity index (χ0) is 38.0. The maximum Gasteiger partial charge on any atom is 0.250 e. The minimum absolute atomic E-state index is 0.00423. The highest BCUT2D eigenvalue weighted by atomic mass is 16.2. The predicted octanol–water partition coefficient (Wildman–Crippen LogP) is 5.79. The summed E-state index contributed by atoms with van der Waals surface area (Å²) in [4.78, 5) is 41.4. The summed E-state index contributed by atoms with van der Waals surface area (Å²) >= 11 is 0. The molecule has 0 bridgehead atoms. The number of hydrogen-bond donors (Lipinski definition) is 1. The summed E-state index contributed by atoms with van der Waals surface area (Å²) in [7, 11) is 0. The number of carbonyl (C=O) groups is 2. The average molecular weight is 749 g/mol. The number of β-lactam (4-membered cyclic amide) rings is 1. The van der Waals surface area contributed by atoms with E-state index < -0.39 is 5.54 Å². The van der Waals surface area contributed by atoms with Gasteiger partial charge in [-0.25, -0.2) is 0 Å². The van der Waals surface area contributed by atoms with Crippen molar-refractivity contribution in [2.75, 3.05) is 45.8 Å².